The maximum atomic E-state index is 4.03. The van der Waals surface area contributed by atoms with Crippen molar-refractivity contribution in [3.8, 4) is 0 Å². The van der Waals surface area contributed by atoms with Gasteiger partial charge in [0.05, 0.1) is 8.93 Å². The molecule has 1 unspecified atom stereocenters. The van der Waals surface area contributed by atoms with Gasteiger partial charge in [0.1, 0.15) is 0 Å². The monoisotopic (exact) mass is 321 g/mol. The van der Waals surface area contributed by atoms with Crippen molar-refractivity contribution >= 4 is 33.9 Å². The second kappa shape index (κ2) is 5.88. The van der Waals surface area contributed by atoms with Crippen LogP contribution in [0, 0.1) is 2.88 Å². The van der Waals surface area contributed by atoms with E-state index in [9.17, 15) is 0 Å². The lowest BCUT2D eigenvalue weighted by molar-refractivity contribution is 0.592. The second-order valence-electron chi connectivity index (χ2n) is 3.42. The molecule has 0 aliphatic heterocycles. The van der Waals surface area contributed by atoms with Crippen LogP contribution in [0.4, 0.5) is 0 Å². The van der Waals surface area contributed by atoms with Crippen molar-refractivity contribution in [1.29, 1.82) is 0 Å². The van der Waals surface area contributed by atoms with Gasteiger partial charge in [0.25, 0.3) is 0 Å². The van der Waals surface area contributed by atoms with Crippen molar-refractivity contribution in [1.82, 2.24) is 5.32 Å². The van der Waals surface area contributed by atoms with E-state index in [1.807, 2.05) is 0 Å². The van der Waals surface area contributed by atoms with Gasteiger partial charge in [-0.25, -0.2) is 0 Å². The SMILES string of the molecule is C=C(C)C(NCCC)c1csc(I)c1. The summed E-state index contributed by atoms with van der Waals surface area (Å²) >= 11 is 4.15. The van der Waals surface area contributed by atoms with Crippen molar-refractivity contribution in [2.45, 2.75) is 26.3 Å². The number of hydrogen-bond donors (Lipinski definition) is 1. The fourth-order valence-corrected chi connectivity index (χ4v) is 2.74. The van der Waals surface area contributed by atoms with Crippen molar-refractivity contribution in [3.05, 3.63) is 32.0 Å². The third-order valence-corrected chi connectivity index (χ3v) is 3.82. The standard InChI is InChI=1S/C11H16INS/c1-4-5-13-11(8(2)3)9-6-10(12)14-7-9/h6-7,11,13H,2,4-5H2,1,3H3. The van der Waals surface area contributed by atoms with Gasteiger partial charge in [-0.2, -0.15) is 0 Å². The summed E-state index contributed by atoms with van der Waals surface area (Å²) in [5.74, 6) is 0. The van der Waals surface area contributed by atoms with Crippen LogP contribution in [0.2, 0.25) is 0 Å². The van der Waals surface area contributed by atoms with E-state index in [0.29, 0.717) is 6.04 Å². The van der Waals surface area contributed by atoms with Crippen molar-refractivity contribution < 1.29 is 0 Å². The molecule has 1 atom stereocenters. The van der Waals surface area contributed by atoms with Crippen LogP contribution in [0.5, 0.6) is 0 Å². The largest absolute Gasteiger partial charge is 0.307 e. The molecule has 14 heavy (non-hydrogen) atoms. The molecule has 0 bridgehead atoms. The summed E-state index contributed by atoms with van der Waals surface area (Å²) in [5, 5.41) is 5.71. The molecule has 0 aliphatic rings. The maximum absolute atomic E-state index is 4.03. The van der Waals surface area contributed by atoms with Gasteiger partial charge in [0.15, 0.2) is 0 Å². The minimum atomic E-state index is 0.328. The smallest absolute Gasteiger partial charge is 0.0656 e. The van der Waals surface area contributed by atoms with E-state index in [1.165, 1.54) is 14.0 Å². The van der Waals surface area contributed by atoms with E-state index in [-0.39, 0.29) is 0 Å². The van der Waals surface area contributed by atoms with E-state index in [4.69, 9.17) is 0 Å². The highest BCUT2D eigenvalue weighted by Gasteiger charge is 2.12. The summed E-state index contributed by atoms with van der Waals surface area (Å²) in [6.07, 6.45) is 1.16. The van der Waals surface area contributed by atoms with E-state index in [1.54, 1.807) is 11.3 Å². The summed E-state index contributed by atoms with van der Waals surface area (Å²) in [6.45, 7) is 9.34. The van der Waals surface area contributed by atoms with Crippen LogP contribution in [-0.4, -0.2) is 6.54 Å². The van der Waals surface area contributed by atoms with Crippen molar-refractivity contribution in [3.63, 3.8) is 0 Å². The number of thiophene rings is 1. The molecule has 0 aliphatic carbocycles. The highest BCUT2D eigenvalue weighted by molar-refractivity contribution is 14.1. The topological polar surface area (TPSA) is 12.0 Å². The molecule has 3 heteroatoms. The first-order chi connectivity index (χ1) is 6.65. The molecule has 1 aromatic heterocycles. The molecule has 1 rings (SSSR count). The van der Waals surface area contributed by atoms with Gasteiger partial charge in [0.2, 0.25) is 0 Å². The van der Waals surface area contributed by atoms with Crippen LogP contribution >= 0.6 is 33.9 Å². The Labute approximate surface area is 104 Å². The van der Waals surface area contributed by atoms with Gasteiger partial charge in [-0.15, -0.1) is 11.3 Å². The lowest BCUT2D eigenvalue weighted by Gasteiger charge is -2.17. The highest BCUT2D eigenvalue weighted by Crippen LogP contribution is 2.26. The number of nitrogens with one attached hydrogen (secondary N) is 1. The van der Waals surface area contributed by atoms with Gasteiger partial charge in [-0.3, -0.25) is 0 Å². The van der Waals surface area contributed by atoms with Gasteiger partial charge in [-0.1, -0.05) is 19.1 Å². The Balaban J connectivity index is 2.72. The molecular weight excluding hydrogens is 305 g/mol. The fraction of sp³-hybridized carbons (Fsp3) is 0.455. The third-order valence-electron chi connectivity index (χ3n) is 2.01. The Kier molecular flexibility index (Phi) is 5.12. The quantitative estimate of drug-likeness (QED) is 0.639. The minimum Gasteiger partial charge on any atom is -0.307 e. The lowest BCUT2D eigenvalue weighted by Crippen LogP contribution is -2.22. The van der Waals surface area contributed by atoms with Crippen molar-refractivity contribution in [2.75, 3.05) is 6.54 Å². The number of rotatable bonds is 5. The number of halogens is 1. The average molecular weight is 321 g/mol. The number of hydrogen-bond acceptors (Lipinski definition) is 2. The normalized spacial score (nSPS) is 12.8. The van der Waals surface area contributed by atoms with Crippen LogP contribution < -0.4 is 5.32 Å². The van der Waals surface area contributed by atoms with E-state index in [0.717, 1.165) is 13.0 Å². The molecule has 0 saturated heterocycles. The molecule has 1 heterocycles. The first kappa shape index (κ1) is 12.2. The lowest BCUT2D eigenvalue weighted by atomic mass is 10.0. The van der Waals surface area contributed by atoms with Gasteiger partial charge < -0.3 is 5.32 Å². The summed E-state index contributed by atoms with van der Waals surface area (Å²) < 4.78 is 1.34. The van der Waals surface area contributed by atoms with Crippen LogP contribution in [0.3, 0.4) is 0 Å². The summed E-state index contributed by atoms with van der Waals surface area (Å²) in [4.78, 5) is 0. The Bertz CT molecular complexity index is 306. The molecule has 0 saturated carbocycles. The van der Waals surface area contributed by atoms with E-state index >= 15 is 0 Å². The maximum Gasteiger partial charge on any atom is 0.0656 e. The Morgan fingerprint density at radius 3 is 2.86 bits per heavy atom. The predicted molar refractivity (Wildman–Crippen MR) is 72.9 cm³/mol. The fourth-order valence-electron chi connectivity index (χ4n) is 1.34. The summed E-state index contributed by atoms with van der Waals surface area (Å²) in [7, 11) is 0. The first-order valence-electron chi connectivity index (χ1n) is 4.78. The molecule has 0 amide bonds. The third kappa shape index (κ3) is 3.37. The average Bonchev–Trinajstić information content (AvgIpc) is 2.52. The van der Waals surface area contributed by atoms with E-state index < -0.39 is 0 Å². The zero-order chi connectivity index (χ0) is 10.6. The van der Waals surface area contributed by atoms with Crippen molar-refractivity contribution in [2.24, 2.45) is 0 Å². The molecule has 1 nitrogen and oxygen atoms in total. The Hall–Kier alpha value is 0.130. The molecule has 0 radical (unpaired) electrons. The van der Waals surface area contributed by atoms with Crippen LogP contribution in [0.1, 0.15) is 31.9 Å². The molecule has 0 fully saturated rings. The molecule has 78 valence electrons. The zero-order valence-corrected chi connectivity index (χ0v) is 11.6. The predicted octanol–water partition coefficient (Wildman–Crippen LogP) is 3.97. The Morgan fingerprint density at radius 2 is 2.43 bits per heavy atom. The summed E-state index contributed by atoms with van der Waals surface area (Å²) in [5.41, 5.74) is 2.54. The van der Waals surface area contributed by atoms with Gasteiger partial charge in [-0.05, 0) is 59.5 Å². The van der Waals surface area contributed by atoms with Crippen LogP contribution in [0.25, 0.3) is 0 Å². The minimum absolute atomic E-state index is 0.328. The first-order valence-corrected chi connectivity index (χ1v) is 6.73. The van der Waals surface area contributed by atoms with Gasteiger partial charge in [0, 0.05) is 0 Å². The van der Waals surface area contributed by atoms with Crippen LogP contribution in [0.15, 0.2) is 23.6 Å². The molecular formula is C11H16INS. The molecule has 1 N–H and O–H groups in total. The van der Waals surface area contributed by atoms with Crippen LogP contribution in [-0.2, 0) is 0 Å². The Morgan fingerprint density at radius 1 is 1.71 bits per heavy atom. The van der Waals surface area contributed by atoms with Gasteiger partial charge >= 0.3 is 0 Å². The zero-order valence-electron chi connectivity index (χ0n) is 8.64. The molecule has 0 spiro atoms. The highest BCUT2D eigenvalue weighted by atomic mass is 127. The van der Waals surface area contributed by atoms with E-state index in [2.05, 4.69) is 59.8 Å². The molecule has 0 aromatic carbocycles. The molecule has 1 aromatic rings. The second-order valence-corrected chi connectivity index (χ2v) is 6.22. The summed E-state index contributed by atoms with van der Waals surface area (Å²) in [6, 6.07) is 2.56.